The summed E-state index contributed by atoms with van der Waals surface area (Å²) in [6, 6.07) is 15.3. The van der Waals surface area contributed by atoms with Crippen LogP contribution in [0.15, 0.2) is 42.5 Å². The Balaban J connectivity index is 2.06. The number of hydrogen-bond donors (Lipinski definition) is 2. The molecule has 2 nitrogen and oxygen atoms in total. The normalized spacial score (nSPS) is 16.5. The molecular formula is C18H21IN2. The number of aryl methyl sites for hydroxylation is 1. The summed E-state index contributed by atoms with van der Waals surface area (Å²) in [6.45, 7) is 2.15. The molecule has 0 radical (unpaired) electrons. The fourth-order valence-electron chi connectivity index (χ4n) is 3.10. The van der Waals surface area contributed by atoms with Gasteiger partial charge in [-0.1, -0.05) is 48.9 Å². The van der Waals surface area contributed by atoms with Crippen molar-refractivity contribution in [3.05, 3.63) is 68.3 Å². The van der Waals surface area contributed by atoms with Crippen LogP contribution >= 0.6 is 22.6 Å². The van der Waals surface area contributed by atoms with Gasteiger partial charge in [-0.15, -0.1) is 0 Å². The van der Waals surface area contributed by atoms with Gasteiger partial charge >= 0.3 is 0 Å². The van der Waals surface area contributed by atoms with Crippen molar-refractivity contribution < 1.29 is 0 Å². The lowest BCUT2D eigenvalue weighted by molar-refractivity contribution is 0.414. The molecule has 0 saturated heterocycles. The molecule has 0 amide bonds. The van der Waals surface area contributed by atoms with Gasteiger partial charge in [-0.25, -0.2) is 5.43 Å². The van der Waals surface area contributed by atoms with Gasteiger partial charge in [-0.2, -0.15) is 0 Å². The van der Waals surface area contributed by atoms with Crippen LogP contribution in [0.2, 0.25) is 0 Å². The first-order valence-electron chi connectivity index (χ1n) is 7.52. The Labute approximate surface area is 140 Å². The molecule has 0 aromatic heterocycles. The van der Waals surface area contributed by atoms with Crippen LogP contribution in [0.4, 0.5) is 0 Å². The van der Waals surface area contributed by atoms with Crippen molar-refractivity contribution >= 4 is 22.6 Å². The molecule has 3 heteroatoms. The van der Waals surface area contributed by atoms with Crippen LogP contribution in [0.3, 0.4) is 0 Å². The fourth-order valence-corrected chi connectivity index (χ4v) is 3.78. The molecule has 2 aromatic carbocycles. The molecule has 1 fully saturated rings. The summed E-state index contributed by atoms with van der Waals surface area (Å²) in [7, 11) is 0. The van der Waals surface area contributed by atoms with Crippen molar-refractivity contribution in [3.8, 4) is 0 Å². The number of nitrogens with two attached hydrogens (primary N) is 1. The average Bonchev–Trinajstić information content (AvgIpc) is 2.44. The molecule has 0 bridgehead atoms. The maximum absolute atomic E-state index is 5.93. The van der Waals surface area contributed by atoms with Crippen LogP contribution in [0.1, 0.15) is 53.5 Å². The summed E-state index contributed by atoms with van der Waals surface area (Å²) in [5.41, 5.74) is 8.40. The molecule has 0 heterocycles. The first kappa shape index (κ1) is 15.0. The van der Waals surface area contributed by atoms with E-state index < -0.39 is 0 Å². The molecule has 1 aliphatic rings. The molecule has 21 heavy (non-hydrogen) atoms. The number of benzene rings is 2. The lowest BCUT2D eigenvalue weighted by atomic mass is 9.76. The van der Waals surface area contributed by atoms with Crippen LogP contribution in [0.25, 0.3) is 0 Å². The van der Waals surface area contributed by atoms with Crippen molar-refractivity contribution in [1.29, 1.82) is 0 Å². The second-order valence-electron chi connectivity index (χ2n) is 5.83. The van der Waals surface area contributed by atoms with Crippen molar-refractivity contribution in [2.75, 3.05) is 0 Å². The predicted molar refractivity (Wildman–Crippen MR) is 96.1 cm³/mol. The SMILES string of the molecule is Cc1cccc(C(NN)c2ccccc2C2CCC2)c1I. The number of halogens is 1. The van der Waals surface area contributed by atoms with E-state index in [1.807, 2.05) is 0 Å². The standard InChI is InChI=1S/C18H21IN2/c1-12-6-4-11-16(17(12)19)18(21-20)15-10-3-2-9-14(15)13-7-5-8-13/h2-4,6,9-11,13,18,21H,5,7-8,20H2,1H3. The minimum absolute atomic E-state index is 0.0635. The first-order valence-corrected chi connectivity index (χ1v) is 8.60. The molecule has 1 aliphatic carbocycles. The van der Waals surface area contributed by atoms with Gasteiger partial charge in [0.15, 0.2) is 0 Å². The Morgan fingerprint density at radius 1 is 1.10 bits per heavy atom. The van der Waals surface area contributed by atoms with Crippen LogP contribution in [0.5, 0.6) is 0 Å². The van der Waals surface area contributed by atoms with Crippen molar-refractivity contribution in [2.24, 2.45) is 5.84 Å². The van der Waals surface area contributed by atoms with Gasteiger partial charge < -0.3 is 0 Å². The van der Waals surface area contributed by atoms with Crippen LogP contribution in [-0.2, 0) is 0 Å². The Kier molecular flexibility index (Phi) is 4.62. The Morgan fingerprint density at radius 3 is 2.48 bits per heavy atom. The van der Waals surface area contributed by atoms with E-state index in [4.69, 9.17) is 5.84 Å². The molecule has 1 atom stereocenters. The minimum Gasteiger partial charge on any atom is -0.271 e. The predicted octanol–water partition coefficient (Wildman–Crippen LogP) is 4.42. The van der Waals surface area contributed by atoms with Crippen LogP contribution in [0, 0.1) is 10.5 Å². The van der Waals surface area contributed by atoms with Crippen LogP contribution < -0.4 is 11.3 Å². The number of hydrazine groups is 1. The number of nitrogens with one attached hydrogen (secondary N) is 1. The van der Waals surface area contributed by atoms with Gasteiger partial charge in [-0.3, -0.25) is 5.84 Å². The van der Waals surface area contributed by atoms with Gasteiger partial charge in [0, 0.05) is 3.57 Å². The zero-order valence-corrected chi connectivity index (χ0v) is 14.4. The largest absolute Gasteiger partial charge is 0.271 e. The van der Waals surface area contributed by atoms with E-state index in [-0.39, 0.29) is 6.04 Å². The second-order valence-corrected chi connectivity index (χ2v) is 6.91. The quantitative estimate of drug-likeness (QED) is 0.459. The van der Waals surface area contributed by atoms with Crippen LogP contribution in [-0.4, -0.2) is 0 Å². The maximum atomic E-state index is 5.93. The summed E-state index contributed by atoms with van der Waals surface area (Å²) in [6.07, 6.45) is 3.96. The Morgan fingerprint density at radius 2 is 1.81 bits per heavy atom. The molecule has 2 aromatic rings. The molecule has 0 aliphatic heterocycles. The fraction of sp³-hybridized carbons (Fsp3) is 0.333. The highest BCUT2D eigenvalue weighted by Gasteiger charge is 2.26. The maximum Gasteiger partial charge on any atom is 0.0723 e. The highest BCUT2D eigenvalue weighted by Crippen LogP contribution is 2.41. The van der Waals surface area contributed by atoms with Gasteiger partial charge in [0.25, 0.3) is 0 Å². The molecular weight excluding hydrogens is 371 g/mol. The van der Waals surface area contributed by atoms with Crippen molar-refractivity contribution in [3.63, 3.8) is 0 Å². The summed E-state index contributed by atoms with van der Waals surface area (Å²) in [5, 5.41) is 0. The molecule has 1 saturated carbocycles. The lowest BCUT2D eigenvalue weighted by Crippen LogP contribution is -2.31. The second kappa shape index (κ2) is 6.46. The minimum atomic E-state index is 0.0635. The first-order chi connectivity index (χ1) is 10.2. The zero-order valence-electron chi connectivity index (χ0n) is 12.3. The van der Waals surface area contributed by atoms with E-state index in [1.165, 1.54) is 45.1 Å². The molecule has 110 valence electrons. The van der Waals surface area contributed by atoms with Gasteiger partial charge in [0.05, 0.1) is 6.04 Å². The molecule has 3 N–H and O–H groups in total. The highest BCUT2D eigenvalue weighted by molar-refractivity contribution is 14.1. The molecule has 0 spiro atoms. The van der Waals surface area contributed by atoms with Gasteiger partial charge in [0.2, 0.25) is 0 Å². The van der Waals surface area contributed by atoms with Crippen molar-refractivity contribution in [1.82, 2.24) is 5.43 Å². The summed E-state index contributed by atoms with van der Waals surface area (Å²) in [5.74, 6) is 6.64. The third-order valence-corrected chi connectivity index (χ3v) is 6.02. The van der Waals surface area contributed by atoms with E-state index in [2.05, 4.69) is 77.4 Å². The van der Waals surface area contributed by atoms with Gasteiger partial charge in [-0.05, 0) is 70.5 Å². The lowest BCUT2D eigenvalue weighted by Gasteiger charge is -2.31. The number of rotatable bonds is 4. The molecule has 1 unspecified atom stereocenters. The Bertz CT molecular complexity index is 635. The average molecular weight is 392 g/mol. The monoisotopic (exact) mass is 392 g/mol. The smallest absolute Gasteiger partial charge is 0.0723 e. The van der Waals surface area contributed by atoms with E-state index >= 15 is 0 Å². The zero-order chi connectivity index (χ0) is 14.8. The third kappa shape index (κ3) is 2.87. The van der Waals surface area contributed by atoms with E-state index in [0.717, 1.165) is 0 Å². The topological polar surface area (TPSA) is 38.0 Å². The third-order valence-electron chi connectivity index (χ3n) is 4.55. The van der Waals surface area contributed by atoms with E-state index in [0.29, 0.717) is 5.92 Å². The number of hydrogen-bond acceptors (Lipinski definition) is 2. The van der Waals surface area contributed by atoms with E-state index in [9.17, 15) is 0 Å². The van der Waals surface area contributed by atoms with E-state index in [1.54, 1.807) is 0 Å². The summed E-state index contributed by atoms with van der Waals surface area (Å²) in [4.78, 5) is 0. The van der Waals surface area contributed by atoms with Gasteiger partial charge in [0.1, 0.15) is 0 Å². The Hall–Kier alpha value is -0.910. The van der Waals surface area contributed by atoms with Crippen molar-refractivity contribution in [2.45, 2.75) is 38.1 Å². The summed E-state index contributed by atoms with van der Waals surface area (Å²) < 4.78 is 1.29. The summed E-state index contributed by atoms with van der Waals surface area (Å²) >= 11 is 2.43. The highest BCUT2D eigenvalue weighted by atomic mass is 127. The molecule has 3 rings (SSSR count).